The summed E-state index contributed by atoms with van der Waals surface area (Å²) in [7, 11) is 0. The van der Waals surface area contributed by atoms with Crippen molar-refractivity contribution in [1.82, 2.24) is 44.6 Å². The molecule has 1 aromatic carbocycles. The number of nitrogens with zero attached hydrogens (tertiary/aromatic N) is 6. The van der Waals surface area contributed by atoms with Crippen LogP contribution < -0.4 is 16.0 Å². The SMILES string of the molecule is O=C(NCCCn1ccnc1)c1cc(C(=O)NCCCn2ccnc2)cc(C(=O)NCCCn2ccnc2)c1. The maximum absolute atomic E-state index is 12.9. The number of benzene rings is 1. The van der Waals surface area contributed by atoms with Crippen molar-refractivity contribution in [3.8, 4) is 0 Å². The molecule has 4 aromatic rings. The van der Waals surface area contributed by atoms with E-state index in [0.717, 1.165) is 0 Å². The van der Waals surface area contributed by atoms with E-state index in [0.29, 0.717) is 58.5 Å². The fraction of sp³-hybridized carbons (Fsp3) is 0.333. The van der Waals surface area contributed by atoms with Crippen molar-refractivity contribution < 1.29 is 14.4 Å². The Morgan fingerprint density at radius 2 is 0.846 bits per heavy atom. The Balaban J connectivity index is 1.36. The Labute approximate surface area is 226 Å². The van der Waals surface area contributed by atoms with Gasteiger partial charge in [-0.05, 0) is 37.5 Å². The van der Waals surface area contributed by atoms with Gasteiger partial charge in [0.2, 0.25) is 0 Å². The van der Waals surface area contributed by atoms with E-state index in [1.165, 1.54) is 18.2 Å². The Bertz CT molecular complexity index is 1140. The smallest absolute Gasteiger partial charge is 0.251 e. The molecule has 3 aromatic heterocycles. The van der Waals surface area contributed by atoms with Crippen LogP contribution in [0.3, 0.4) is 0 Å². The van der Waals surface area contributed by atoms with Gasteiger partial charge in [0.1, 0.15) is 0 Å². The minimum Gasteiger partial charge on any atom is -0.352 e. The summed E-state index contributed by atoms with van der Waals surface area (Å²) >= 11 is 0. The van der Waals surface area contributed by atoms with Crippen LogP contribution in [0.5, 0.6) is 0 Å². The lowest BCUT2D eigenvalue weighted by Crippen LogP contribution is -2.30. The molecule has 204 valence electrons. The molecule has 39 heavy (non-hydrogen) atoms. The van der Waals surface area contributed by atoms with Gasteiger partial charge >= 0.3 is 0 Å². The summed E-state index contributed by atoms with van der Waals surface area (Å²) in [5.41, 5.74) is 0.770. The summed E-state index contributed by atoms with van der Waals surface area (Å²) < 4.78 is 5.79. The molecule has 0 fully saturated rings. The van der Waals surface area contributed by atoms with E-state index in [9.17, 15) is 14.4 Å². The van der Waals surface area contributed by atoms with Crippen LogP contribution in [0.1, 0.15) is 50.3 Å². The summed E-state index contributed by atoms with van der Waals surface area (Å²) in [5, 5.41) is 8.63. The zero-order valence-electron chi connectivity index (χ0n) is 21.7. The van der Waals surface area contributed by atoms with Gasteiger partial charge in [-0.25, -0.2) is 15.0 Å². The van der Waals surface area contributed by atoms with E-state index in [4.69, 9.17) is 0 Å². The number of hydrogen-bond acceptors (Lipinski definition) is 6. The van der Waals surface area contributed by atoms with Crippen molar-refractivity contribution in [3.05, 3.63) is 91.1 Å². The zero-order valence-corrected chi connectivity index (χ0v) is 21.7. The Kier molecular flexibility index (Phi) is 9.98. The van der Waals surface area contributed by atoms with E-state index in [-0.39, 0.29) is 34.4 Å². The molecule has 0 spiro atoms. The number of carbonyl (C=O) groups is 3. The lowest BCUT2D eigenvalue weighted by atomic mass is 10.0. The molecule has 0 atom stereocenters. The third kappa shape index (κ3) is 8.66. The molecule has 0 saturated heterocycles. The summed E-state index contributed by atoms with van der Waals surface area (Å²) in [5.74, 6) is -1.03. The summed E-state index contributed by atoms with van der Waals surface area (Å²) in [6, 6.07) is 4.56. The minimum absolute atomic E-state index is 0.257. The first-order valence-electron chi connectivity index (χ1n) is 13.0. The first kappa shape index (κ1) is 27.3. The van der Waals surface area contributed by atoms with Crippen LogP contribution in [0.15, 0.2) is 74.4 Å². The molecule has 0 unspecified atom stereocenters. The molecule has 0 aliphatic rings. The van der Waals surface area contributed by atoms with Gasteiger partial charge in [0, 0.05) is 93.1 Å². The lowest BCUT2D eigenvalue weighted by Gasteiger charge is -2.12. The Morgan fingerprint density at radius 3 is 1.10 bits per heavy atom. The number of carbonyl (C=O) groups excluding carboxylic acids is 3. The van der Waals surface area contributed by atoms with Gasteiger partial charge in [0.15, 0.2) is 0 Å². The van der Waals surface area contributed by atoms with Crippen LogP contribution in [0.4, 0.5) is 0 Å². The van der Waals surface area contributed by atoms with Gasteiger partial charge in [-0.1, -0.05) is 0 Å². The average Bonchev–Trinajstić information content (AvgIpc) is 3.75. The number of nitrogens with one attached hydrogen (secondary N) is 3. The first-order chi connectivity index (χ1) is 19.1. The molecule has 0 bridgehead atoms. The largest absolute Gasteiger partial charge is 0.352 e. The molecule has 4 rings (SSSR count). The van der Waals surface area contributed by atoms with Gasteiger partial charge in [-0.2, -0.15) is 0 Å². The zero-order chi connectivity index (χ0) is 27.3. The molecule has 0 aliphatic carbocycles. The van der Waals surface area contributed by atoms with E-state index in [1.807, 2.05) is 32.3 Å². The van der Waals surface area contributed by atoms with Crippen molar-refractivity contribution in [2.24, 2.45) is 0 Å². The standard InChI is InChI=1S/C27H33N9O3/c37-25(31-4-1-10-34-13-7-28-19-34)22-16-23(26(38)32-5-2-11-35-14-8-29-20-35)18-24(17-22)27(39)33-6-3-12-36-15-9-30-21-36/h7-9,13-21H,1-6,10-12H2,(H,31,37)(H,32,38)(H,33,39). The van der Waals surface area contributed by atoms with Crippen LogP contribution in [-0.2, 0) is 19.6 Å². The number of hydrogen-bond donors (Lipinski definition) is 3. The maximum Gasteiger partial charge on any atom is 0.251 e. The summed E-state index contributed by atoms with van der Waals surface area (Å²) in [6.45, 7) is 3.48. The van der Waals surface area contributed by atoms with Crippen LogP contribution in [0.25, 0.3) is 0 Å². The number of amides is 3. The summed E-state index contributed by atoms with van der Waals surface area (Å²) in [6.07, 6.45) is 18.0. The minimum atomic E-state index is -0.343. The normalized spacial score (nSPS) is 10.8. The van der Waals surface area contributed by atoms with Crippen molar-refractivity contribution in [2.75, 3.05) is 19.6 Å². The van der Waals surface area contributed by atoms with Crippen LogP contribution in [-0.4, -0.2) is 66.0 Å². The second-order valence-electron chi connectivity index (χ2n) is 9.03. The van der Waals surface area contributed by atoms with Crippen molar-refractivity contribution >= 4 is 17.7 Å². The third-order valence-electron chi connectivity index (χ3n) is 6.03. The van der Waals surface area contributed by atoms with Gasteiger partial charge in [0.05, 0.1) is 19.0 Å². The molecular formula is C27H33N9O3. The monoisotopic (exact) mass is 531 g/mol. The molecule has 0 saturated carbocycles. The fourth-order valence-corrected chi connectivity index (χ4v) is 3.97. The van der Waals surface area contributed by atoms with Gasteiger partial charge in [0.25, 0.3) is 17.7 Å². The maximum atomic E-state index is 12.9. The molecule has 3 amide bonds. The molecule has 0 radical (unpaired) electrons. The Hall–Kier alpha value is -4.74. The highest BCUT2D eigenvalue weighted by atomic mass is 16.2. The van der Waals surface area contributed by atoms with Crippen LogP contribution in [0.2, 0.25) is 0 Å². The van der Waals surface area contributed by atoms with Crippen LogP contribution in [0, 0.1) is 0 Å². The number of aromatic nitrogens is 6. The number of imidazole rings is 3. The predicted molar refractivity (Wildman–Crippen MR) is 144 cm³/mol. The van der Waals surface area contributed by atoms with Crippen molar-refractivity contribution in [2.45, 2.75) is 38.9 Å². The fourth-order valence-electron chi connectivity index (χ4n) is 3.97. The number of rotatable bonds is 15. The van der Waals surface area contributed by atoms with E-state index < -0.39 is 0 Å². The average molecular weight is 532 g/mol. The van der Waals surface area contributed by atoms with E-state index in [1.54, 1.807) is 37.6 Å². The highest BCUT2D eigenvalue weighted by molar-refractivity contribution is 6.04. The molecular weight excluding hydrogens is 498 g/mol. The molecule has 0 aliphatic heterocycles. The van der Waals surface area contributed by atoms with Gasteiger partial charge < -0.3 is 29.7 Å². The third-order valence-corrected chi connectivity index (χ3v) is 6.03. The van der Waals surface area contributed by atoms with Crippen molar-refractivity contribution in [3.63, 3.8) is 0 Å². The second-order valence-corrected chi connectivity index (χ2v) is 9.03. The number of aryl methyl sites for hydroxylation is 3. The predicted octanol–water partition coefficient (Wildman–Crippen LogP) is 1.74. The lowest BCUT2D eigenvalue weighted by molar-refractivity contribution is 0.0952. The van der Waals surface area contributed by atoms with Crippen molar-refractivity contribution in [1.29, 1.82) is 0 Å². The Morgan fingerprint density at radius 1 is 0.538 bits per heavy atom. The molecule has 3 heterocycles. The molecule has 12 nitrogen and oxygen atoms in total. The summed E-state index contributed by atoms with van der Waals surface area (Å²) in [4.78, 5) is 50.8. The topological polar surface area (TPSA) is 141 Å². The van der Waals surface area contributed by atoms with E-state index >= 15 is 0 Å². The second kappa shape index (κ2) is 14.3. The van der Waals surface area contributed by atoms with Crippen LogP contribution >= 0.6 is 0 Å². The van der Waals surface area contributed by atoms with E-state index in [2.05, 4.69) is 30.9 Å². The van der Waals surface area contributed by atoms with Gasteiger partial charge in [-0.3, -0.25) is 14.4 Å². The van der Waals surface area contributed by atoms with Gasteiger partial charge in [-0.15, -0.1) is 0 Å². The molecule has 12 heteroatoms. The highest BCUT2D eigenvalue weighted by Crippen LogP contribution is 2.12. The molecule has 3 N–H and O–H groups in total. The first-order valence-corrected chi connectivity index (χ1v) is 13.0. The highest BCUT2D eigenvalue weighted by Gasteiger charge is 2.16. The quantitative estimate of drug-likeness (QED) is 0.200.